The number of aromatic nitrogens is 4. The van der Waals surface area contributed by atoms with E-state index in [1.54, 1.807) is 19.8 Å². The van der Waals surface area contributed by atoms with Gasteiger partial charge in [0.15, 0.2) is 23.2 Å². The number of anilines is 1. The zero-order chi connectivity index (χ0) is 19.6. The lowest BCUT2D eigenvalue weighted by Crippen LogP contribution is -2.34. The van der Waals surface area contributed by atoms with Gasteiger partial charge in [0.05, 0.1) is 12.4 Å². The third kappa shape index (κ3) is 4.46. The van der Waals surface area contributed by atoms with E-state index in [9.17, 15) is 0 Å². The molecule has 6 unspecified atom stereocenters. The molecular formula is C13H25N5O3P6. The van der Waals surface area contributed by atoms with E-state index in [4.69, 9.17) is 14.0 Å². The summed E-state index contributed by atoms with van der Waals surface area (Å²) in [5.74, 6) is 0.827. The van der Waals surface area contributed by atoms with Crippen molar-refractivity contribution in [2.24, 2.45) is 0 Å². The van der Waals surface area contributed by atoms with Crippen LogP contribution in [0.1, 0.15) is 19.6 Å². The van der Waals surface area contributed by atoms with Crippen LogP contribution in [0.3, 0.4) is 0 Å². The molecule has 10 atom stereocenters. The van der Waals surface area contributed by atoms with Crippen LogP contribution in [0.4, 0.5) is 5.82 Å². The third-order valence-corrected chi connectivity index (χ3v) is 15.6. The molecule has 0 radical (unpaired) electrons. The Kier molecular flexibility index (Phi) is 8.51. The molecule has 0 amide bonds. The second kappa shape index (κ2) is 10.2. The van der Waals surface area contributed by atoms with Crippen molar-refractivity contribution in [2.75, 3.05) is 18.8 Å². The number of methoxy groups -OCH3 is 1. The van der Waals surface area contributed by atoms with Crippen molar-refractivity contribution < 1.29 is 14.0 Å². The van der Waals surface area contributed by atoms with Gasteiger partial charge in [0, 0.05) is 30.1 Å². The van der Waals surface area contributed by atoms with E-state index in [0.29, 0.717) is 0 Å². The van der Waals surface area contributed by atoms with E-state index < -0.39 is 7.45 Å². The summed E-state index contributed by atoms with van der Waals surface area (Å²) in [4.78, 5) is 13.6. The Morgan fingerprint density at radius 2 is 2.11 bits per heavy atom. The number of imidazole rings is 1. The van der Waals surface area contributed by atoms with Crippen molar-refractivity contribution in [3.8, 4) is 0 Å². The van der Waals surface area contributed by atoms with Gasteiger partial charge in [-0.2, -0.15) is 0 Å². The smallest absolute Gasteiger partial charge is 0.167 e. The van der Waals surface area contributed by atoms with Crippen molar-refractivity contribution in [3.05, 3.63) is 12.7 Å². The number of ether oxygens (including phenoxy) is 2. The predicted octanol–water partition coefficient (Wildman–Crippen LogP) is 3.92. The van der Waals surface area contributed by atoms with E-state index in [0.717, 1.165) is 31.4 Å². The lowest BCUT2D eigenvalue weighted by molar-refractivity contribution is -0.0305. The lowest BCUT2D eigenvalue weighted by atomic mass is 10.1. The molecule has 2 aromatic heterocycles. The zero-order valence-electron chi connectivity index (χ0n) is 15.3. The molecule has 1 aliphatic heterocycles. The van der Waals surface area contributed by atoms with E-state index >= 15 is 0 Å². The second-order valence-electron chi connectivity index (χ2n) is 5.89. The number of nitrogens with zero attached hydrogens (tertiary/aromatic N) is 5. The molecule has 1 aliphatic rings. The van der Waals surface area contributed by atoms with Crippen molar-refractivity contribution in [3.63, 3.8) is 0 Å². The van der Waals surface area contributed by atoms with E-state index in [-0.39, 0.29) is 33.0 Å². The van der Waals surface area contributed by atoms with Crippen LogP contribution >= 0.6 is 50.7 Å². The molecular weight excluding hydrogens is 460 g/mol. The minimum Gasteiger partial charge on any atom is -0.376 e. The quantitative estimate of drug-likeness (QED) is 0.525. The first kappa shape index (κ1) is 22.5. The molecule has 8 nitrogen and oxygen atoms in total. The van der Waals surface area contributed by atoms with Gasteiger partial charge in [-0.1, -0.05) is 32.7 Å². The molecule has 3 rings (SSSR count). The van der Waals surface area contributed by atoms with E-state index in [1.165, 1.54) is 0 Å². The Morgan fingerprint density at radius 1 is 1.33 bits per heavy atom. The largest absolute Gasteiger partial charge is 0.376 e. The summed E-state index contributed by atoms with van der Waals surface area (Å²) >= 11 is 0. The van der Waals surface area contributed by atoms with Gasteiger partial charge < -0.3 is 18.7 Å². The minimum absolute atomic E-state index is 0.0361. The molecule has 2 aromatic rings. The minimum atomic E-state index is -0.401. The fourth-order valence-electron chi connectivity index (χ4n) is 3.20. The topological polar surface area (TPSA) is 74.5 Å². The van der Waals surface area contributed by atoms with E-state index in [1.807, 2.05) is 11.6 Å². The summed E-state index contributed by atoms with van der Waals surface area (Å²) < 4.78 is 22.1. The molecule has 0 spiro atoms. The monoisotopic (exact) mass is 485 g/mol. The van der Waals surface area contributed by atoms with Crippen LogP contribution in [0.2, 0.25) is 0 Å². The van der Waals surface area contributed by atoms with Gasteiger partial charge >= 0.3 is 0 Å². The summed E-state index contributed by atoms with van der Waals surface area (Å²) in [5, 5.41) is 0. The molecule has 0 aliphatic carbocycles. The number of rotatable bonds is 8. The maximum absolute atomic E-state index is 6.29. The predicted molar refractivity (Wildman–Crippen MR) is 126 cm³/mol. The summed E-state index contributed by atoms with van der Waals surface area (Å²) in [6.45, 7) is 2.09. The van der Waals surface area contributed by atoms with Crippen molar-refractivity contribution in [1.82, 2.24) is 19.5 Å². The fourth-order valence-corrected chi connectivity index (χ4v) is 7.29. The highest BCUT2D eigenvalue weighted by Crippen LogP contribution is 2.68. The standard InChI is InChI=1S/C13H25N5O3P6/c1-4-7-9(19-3)10(21-25-22)13(20-7)18-6-16-8-11(14-5-15-12(8)18)17(2)27(24)26-23/h5-7,9-10,13,25-26H,4,22-24H2,1-3H3/t7-,9-,10-,13-,27?/m1/s1. The van der Waals surface area contributed by atoms with Crippen molar-refractivity contribution in [2.45, 2.75) is 37.9 Å². The Bertz CT molecular complexity index is 769. The van der Waals surface area contributed by atoms with Crippen molar-refractivity contribution in [1.29, 1.82) is 0 Å². The molecule has 14 heteroatoms. The molecule has 3 heterocycles. The molecule has 150 valence electrons. The number of hydrogen-bond donors (Lipinski definition) is 0. The van der Waals surface area contributed by atoms with E-state index in [2.05, 4.69) is 53.3 Å². The third-order valence-electron chi connectivity index (χ3n) is 4.54. The maximum Gasteiger partial charge on any atom is 0.167 e. The summed E-state index contributed by atoms with van der Waals surface area (Å²) in [7, 11) is 12.6. The van der Waals surface area contributed by atoms with Gasteiger partial charge in [0.25, 0.3) is 0 Å². The molecule has 0 N–H and O–H groups in total. The van der Waals surface area contributed by atoms with Gasteiger partial charge in [-0.3, -0.25) is 4.57 Å². The summed E-state index contributed by atoms with van der Waals surface area (Å²) in [6.07, 6.45) is 3.46. The van der Waals surface area contributed by atoms with Crippen LogP contribution in [-0.4, -0.2) is 52.0 Å². The van der Waals surface area contributed by atoms with Crippen molar-refractivity contribution >= 4 is 67.7 Å². The second-order valence-corrected chi connectivity index (χ2v) is 16.1. The first-order valence-corrected chi connectivity index (χ1v) is 17.6. The average Bonchev–Trinajstić information content (AvgIpc) is 3.27. The summed E-state index contributed by atoms with van der Waals surface area (Å²) in [5.41, 5.74) is 1.51. The van der Waals surface area contributed by atoms with Gasteiger partial charge in [-0.25, -0.2) is 15.0 Å². The molecule has 27 heavy (non-hydrogen) atoms. The molecule has 0 bridgehead atoms. The number of fused-ring (bicyclic) bond motifs is 1. The zero-order valence-corrected chi connectivity index (χ0v) is 21.7. The molecule has 0 aromatic carbocycles. The first-order chi connectivity index (χ1) is 13.1. The highest BCUT2D eigenvalue weighted by molar-refractivity contribution is 8.61. The fraction of sp³-hybridized carbons (Fsp3) is 0.615. The average molecular weight is 485 g/mol. The van der Waals surface area contributed by atoms with Crippen LogP contribution in [0.25, 0.3) is 11.2 Å². The van der Waals surface area contributed by atoms with Crippen LogP contribution in [0.5, 0.6) is 0 Å². The Hall–Kier alpha value is 0.810. The summed E-state index contributed by atoms with van der Waals surface area (Å²) in [6, 6.07) is 0. The molecule has 0 saturated carbocycles. The highest BCUT2D eigenvalue weighted by Gasteiger charge is 2.46. The normalized spacial score (nSPS) is 27.5. The first-order valence-electron chi connectivity index (χ1n) is 8.29. The van der Waals surface area contributed by atoms with Crippen LogP contribution in [-0.2, 0) is 14.0 Å². The SMILES string of the molecule is CC[C@H]1O[C@@H](n2cnc3c(N(C)P(P)PP)ncnc32)[C@H](OPP)[C@@H]1OC. The van der Waals surface area contributed by atoms with Crippen LogP contribution < -0.4 is 4.67 Å². The Morgan fingerprint density at radius 3 is 2.74 bits per heavy atom. The Balaban J connectivity index is 2.02. The van der Waals surface area contributed by atoms with Gasteiger partial charge in [0.1, 0.15) is 18.5 Å². The van der Waals surface area contributed by atoms with Gasteiger partial charge in [-0.05, 0) is 6.42 Å². The lowest BCUT2D eigenvalue weighted by Gasteiger charge is -2.24. The number of hydrogen-bond acceptors (Lipinski definition) is 7. The van der Waals surface area contributed by atoms with Gasteiger partial charge in [0.2, 0.25) is 0 Å². The highest BCUT2D eigenvalue weighted by atomic mass is 32.6. The maximum atomic E-state index is 6.29. The molecule has 1 saturated heterocycles. The van der Waals surface area contributed by atoms with Crippen LogP contribution in [0.15, 0.2) is 12.7 Å². The van der Waals surface area contributed by atoms with Gasteiger partial charge in [-0.15, -0.1) is 8.93 Å². The van der Waals surface area contributed by atoms with Crippen LogP contribution in [0, 0.1) is 0 Å². The Labute approximate surface area is 170 Å². The molecule has 1 fully saturated rings.